The van der Waals surface area contributed by atoms with Crippen LogP contribution in [0.1, 0.15) is 29.8 Å². The monoisotopic (exact) mass is 223 g/mol. The van der Waals surface area contributed by atoms with Crippen molar-refractivity contribution in [3.8, 4) is 11.5 Å². The summed E-state index contributed by atoms with van der Waals surface area (Å²) in [5.74, 6) is -0.404. The summed E-state index contributed by atoms with van der Waals surface area (Å²) in [4.78, 5) is 13.6. The third kappa shape index (κ3) is 2.27. The van der Waals surface area contributed by atoms with E-state index in [1.165, 1.54) is 12.1 Å². The molecule has 0 aliphatic heterocycles. The van der Waals surface area contributed by atoms with Crippen LogP contribution in [0.25, 0.3) is 0 Å². The van der Waals surface area contributed by atoms with Gasteiger partial charge in [-0.1, -0.05) is 0 Å². The van der Waals surface area contributed by atoms with Crippen LogP contribution in [0.15, 0.2) is 12.1 Å². The number of benzene rings is 1. The molecule has 0 aliphatic rings. The van der Waals surface area contributed by atoms with Crippen LogP contribution < -0.4 is 0 Å². The molecule has 16 heavy (non-hydrogen) atoms. The average molecular weight is 223 g/mol. The second kappa shape index (κ2) is 4.88. The van der Waals surface area contributed by atoms with Crippen LogP contribution in [0.5, 0.6) is 11.5 Å². The van der Waals surface area contributed by atoms with E-state index >= 15 is 0 Å². The molecule has 0 aliphatic carbocycles. The number of phenols is 2. The van der Waals surface area contributed by atoms with Gasteiger partial charge in [0.2, 0.25) is 0 Å². The van der Waals surface area contributed by atoms with Crippen molar-refractivity contribution in [1.29, 1.82) is 0 Å². The van der Waals surface area contributed by atoms with Crippen molar-refractivity contribution in [2.24, 2.45) is 0 Å². The molecule has 88 valence electrons. The molecule has 4 nitrogen and oxygen atoms in total. The molecule has 1 amide bonds. The first-order valence-corrected chi connectivity index (χ1v) is 5.33. The fourth-order valence-electron chi connectivity index (χ4n) is 1.54. The highest BCUT2D eigenvalue weighted by Crippen LogP contribution is 2.27. The Balaban J connectivity index is 3.13. The van der Waals surface area contributed by atoms with Gasteiger partial charge in [-0.05, 0) is 32.4 Å². The zero-order chi connectivity index (χ0) is 12.3. The number of phenolic OH excluding ortho intramolecular Hbond substituents is 2. The van der Waals surface area contributed by atoms with E-state index in [0.717, 1.165) is 0 Å². The van der Waals surface area contributed by atoms with E-state index in [0.29, 0.717) is 18.7 Å². The van der Waals surface area contributed by atoms with Gasteiger partial charge in [-0.25, -0.2) is 0 Å². The quantitative estimate of drug-likeness (QED) is 0.822. The number of hydrogen-bond donors (Lipinski definition) is 2. The highest BCUT2D eigenvalue weighted by Gasteiger charge is 2.17. The number of aryl methyl sites for hydroxylation is 1. The fraction of sp³-hybridized carbons (Fsp3) is 0.417. The molecular formula is C12H17NO3. The largest absolute Gasteiger partial charge is 0.508 e. The predicted molar refractivity (Wildman–Crippen MR) is 61.8 cm³/mol. The summed E-state index contributed by atoms with van der Waals surface area (Å²) in [5.41, 5.74) is 0.812. The summed E-state index contributed by atoms with van der Waals surface area (Å²) < 4.78 is 0. The van der Waals surface area contributed by atoms with Crippen molar-refractivity contribution in [2.75, 3.05) is 13.1 Å². The number of hydrogen-bond acceptors (Lipinski definition) is 3. The lowest BCUT2D eigenvalue weighted by atomic mass is 10.1. The molecule has 4 heteroatoms. The molecule has 1 rings (SSSR count). The van der Waals surface area contributed by atoms with Gasteiger partial charge in [0.05, 0.1) is 5.56 Å². The van der Waals surface area contributed by atoms with E-state index in [1.54, 1.807) is 11.8 Å². The minimum absolute atomic E-state index is 0.00593. The Kier molecular flexibility index (Phi) is 3.77. The lowest BCUT2D eigenvalue weighted by Gasteiger charge is -2.19. The van der Waals surface area contributed by atoms with Gasteiger partial charge in [-0.2, -0.15) is 0 Å². The molecule has 2 N–H and O–H groups in total. The molecule has 0 fully saturated rings. The molecule has 0 saturated heterocycles. The zero-order valence-corrected chi connectivity index (χ0v) is 9.82. The summed E-state index contributed by atoms with van der Waals surface area (Å²) in [6.07, 6.45) is 0. The highest BCUT2D eigenvalue weighted by atomic mass is 16.3. The molecule has 0 aromatic heterocycles. The van der Waals surface area contributed by atoms with Crippen molar-refractivity contribution in [3.05, 3.63) is 23.3 Å². The number of carbonyl (C=O) groups is 1. The summed E-state index contributed by atoms with van der Waals surface area (Å²) in [7, 11) is 0. The second-order valence-corrected chi connectivity index (χ2v) is 3.63. The van der Waals surface area contributed by atoms with Crippen LogP contribution >= 0.6 is 0 Å². The standard InChI is InChI=1S/C12H17NO3/c1-4-13(5-2)12(16)9-6-8(3)10(14)7-11(9)15/h6-7,14-15H,4-5H2,1-3H3. The fourth-order valence-corrected chi connectivity index (χ4v) is 1.54. The molecule has 0 heterocycles. The first-order valence-electron chi connectivity index (χ1n) is 5.33. The number of aromatic hydroxyl groups is 2. The van der Waals surface area contributed by atoms with Crippen molar-refractivity contribution < 1.29 is 15.0 Å². The molecule has 0 spiro atoms. The van der Waals surface area contributed by atoms with Crippen LogP contribution in [0.2, 0.25) is 0 Å². The lowest BCUT2D eigenvalue weighted by Crippen LogP contribution is -2.30. The van der Waals surface area contributed by atoms with Gasteiger partial charge < -0.3 is 15.1 Å². The van der Waals surface area contributed by atoms with Crippen molar-refractivity contribution >= 4 is 5.91 Å². The van der Waals surface area contributed by atoms with Gasteiger partial charge in [0.15, 0.2) is 0 Å². The summed E-state index contributed by atoms with van der Waals surface area (Å²) in [5, 5.41) is 19.0. The van der Waals surface area contributed by atoms with Crippen LogP contribution in [-0.4, -0.2) is 34.1 Å². The van der Waals surface area contributed by atoms with Gasteiger partial charge in [0.1, 0.15) is 11.5 Å². The van der Waals surface area contributed by atoms with E-state index in [2.05, 4.69) is 0 Å². The van der Waals surface area contributed by atoms with Gasteiger partial charge in [-0.3, -0.25) is 4.79 Å². The van der Waals surface area contributed by atoms with Crippen LogP contribution in [0, 0.1) is 6.92 Å². The van der Waals surface area contributed by atoms with Gasteiger partial charge >= 0.3 is 0 Å². The molecule has 0 bridgehead atoms. The maximum Gasteiger partial charge on any atom is 0.257 e. The van der Waals surface area contributed by atoms with E-state index in [4.69, 9.17) is 0 Å². The third-order valence-corrected chi connectivity index (χ3v) is 2.60. The summed E-state index contributed by atoms with van der Waals surface area (Å²) in [6.45, 7) is 6.63. The molecular weight excluding hydrogens is 206 g/mol. The Morgan fingerprint density at radius 2 is 1.75 bits per heavy atom. The molecule has 0 saturated carbocycles. The minimum atomic E-state index is -0.217. The first kappa shape index (κ1) is 12.4. The highest BCUT2D eigenvalue weighted by molar-refractivity contribution is 5.97. The Bertz CT molecular complexity index is 397. The maximum absolute atomic E-state index is 12.0. The van der Waals surface area contributed by atoms with Crippen molar-refractivity contribution in [1.82, 2.24) is 4.90 Å². The van der Waals surface area contributed by atoms with E-state index in [9.17, 15) is 15.0 Å². The Labute approximate surface area is 95.1 Å². The average Bonchev–Trinajstić information content (AvgIpc) is 2.25. The van der Waals surface area contributed by atoms with Crippen molar-refractivity contribution in [2.45, 2.75) is 20.8 Å². The molecule has 0 unspecified atom stereocenters. The Morgan fingerprint density at radius 1 is 1.19 bits per heavy atom. The van der Waals surface area contributed by atoms with Gasteiger partial charge in [0.25, 0.3) is 5.91 Å². The normalized spacial score (nSPS) is 10.2. The lowest BCUT2D eigenvalue weighted by molar-refractivity contribution is 0.0770. The summed E-state index contributed by atoms with van der Waals surface area (Å²) >= 11 is 0. The number of nitrogens with zero attached hydrogens (tertiary/aromatic N) is 1. The van der Waals surface area contributed by atoms with Crippen LogP contribution in [0.3, 0.4) is 0 Å². The number of amides is 1. The van der Waals surface area contributed by atoms with Crippen LogP contribution in [0.4, 0.5) is 0 Å². The molecule has 0 radical (unpaired) electrons. The molecule has 1 aromatic rings. The Morgan fingerprint density at radius 3 is 2.25 bits per heavy atom. The van der Waals surface area contributed by atoms with E-state index < -0.39 is 0 Å². The third-order valence-electron chi connectivity index (χ3n) is 2.60. The number of carbonyl (C=O) groups excluding carboxylic acids is 1. The molecule has 0 atom stereocenters. The predicted octanol–water partition coefficient (Wildman–Crippen LogP) is 1.89. The van der Waals surface area contributed by atoms with E-state index in [1.807, 2.05) is 13.8 Å². The minimum Gasteiger partial charge on any atom is -0.508 e. The first-order chi connectivity index (χ1) is 7.51. The zero-order valence-electron chi connectivity index (χ0n) is 9.82. The maximum atomic E-state index is 12.0. The molecule has 1 aromatic carbocycles. The Hall–Kier alpha value is -1.71. The van der Waals surface area contributed by atoms with Gasteiger partial charge in [-0.15, -0.1) is 0 Å². The SMILES string of the molecule is CCN(CC)C(=O)c1cc(C)c(O)cc1O. The summed E-state index contributed by atoms with van der Waals surface area (Å²) in [6, 6.07) is 2.71. The smallest absolute Gasteiger partial charge is 0.257 e. The van der Waals surface area contributed by atoms with Crippen LogP contribution in [-0.2, 0) is 0 Å². The topological polar surface area (TPSA) is 60.8 Å². The van der Waals surface area contributed by atoms with E-state index in [-0.39, 0.29) is 23.0 Å². The number of rotatable bonds is 3. The van der Waals surface area contributed by atoms with Gasteiger partial charge in [0, 0.05) is 19.2 Å². The van der Waals surface area contributed by atoms with Crippen molar-refractivity contribution in [3.63, 3.8) is 0 Å². The second-order valence-electron chi connectivity index (χ2n) is 3.63.